The van der Waals surface area contributed by atoms with Crippen molar-refractivity contribution in [2.75, 3.05) is 13.1 Å². The van der Waals surface area contributed by atoms with E-state index in [-0.39, 0.29) is 25.0 Å². The van der Waals surface area contributed by atoms with Crippen LogP contribution in [0.25, 0.3) is 10.9 Å². The van der Waals surface area contributed by atoms with Crippen molar-refractivity contribution < 1.29 is 29.1 Å². The highest BCUT2D eigenvalue weighted by molar-refractivity contribution is 5.98. The van der Waals surface area contributed by atoms with Crippen LogP contribution in [0.2, 0.25) is 0 Å². The fourth-order valence-electron chi connectivity index (χ4n) is 6.44. The Morgan fingerprint density at radius 1 is 0.688 bits per heavy atom. The topological polar surface area (TPSA) is 173 Å². The number of carbonyl (C=O) groups is 5. The van der Waals surface area contributed by atoms with Crippen LogP contribution in [0, 0.1) is 0 Å². The van der Waals surface area contributed by atoms with Crippen LogP contribution < -0.4 is 21.3 Å². The Balaban J connectivity index is 1.33. The van der Waals surface area contributed by atoms with Crippen molar-refractivity contribution in [1.29, 1.82) is 0 Å². The number of aromatic hydroxyl groups is 1. The molecule has 2 aliphatic heterocycles. The van der Waals surface area contributed by atoms with E-state index in [1.165, 1.54) is 17.0 Å². The Kier molecular flexibility index (Phi) is 9.70. The lowest BCUT2D eigenvalue weighted by atomic mass is 10.0. The van der Waals surface area contributed by atoms with Gasteiger partial charge in [-0.25, -0.2) is 0 Å². The summed E-state index contributed by atoms with van der Waals surface area (Å²) in [6.45, 7) is -0.132. The van der Waals surface area contributed by atoms with Gasteiger partial charge in [0.25, 0.3) is 0 Å². The first kappa shape index (κ1) is 32.3. The fourth-order valence-corrected chi connectivity index (χ4v) is 6.44. The van der Waals surface area contributed by atoms with Crippen molar-refractivity contribution in [2.24, 2.45) is 0 Å². The summed E-state index contributed by atoms with van der Waals surface area (Å²) in [5.74, 6) is -2.63. The van der Waals surface area contributed by atoms with Crippen LogP contribution in [-0.4, -0.2) is 81.8 Å². The molecule has 6 rings (SSSR count). The number of aromatic nitrogens is 1. The van der Waals surface area contributed by atoms with Crippen molar-refractivity contribution in [2.45, 2.75) is 56.3 Å². The number of hydrogen-bond acceptors (Lipinski definition) is 6. The van der Waals surface area contributed by atoms with Crippen molar-refractivity contribution in [3.05, 3.63) is 102 Å². The molecule has 2 saturated heterocycles. The molecule has 0 radical (unpaired) electrons. The molecule has 0 aliphatic carbocycles. The maximum absolute atomic E-state index is 14.0. The monoisotopic (exact) mass is 650 g/mol. The van der Waals surface area contributed by atoms with E-state index in [9.17, 15) is 29.1 Å². The standard InChI is InChI=1S/C36H38N6O6/c43-25-14-12-23(13-15-25)18-30-36(48)42-16-6-11-31(42)35(47)41-29(19-24-20-37-27-10-5-4-9-26(24)27)34(46)40-28(17-22-7-2-1-3-8-22)33(45)38-21-32(44)39-30/h1-5,7-10,12-15,20,28-31,37,43H,6,11,16-19,21H2,(H,38,45)(H,39,44)(H,40,46)(H,41,47)/t28-,29+,30-,31-/m1/s1. The van der Waals surface area contributed by atoms with Crippen LogP contribution in [0.4, 0.5) is 0 Å². The lowest BCUT2D eigenvalue weighted by Crippen LogP contribution is -2.58. The molecule has 1 aromatic heterocycles. The predicted molar refractivity (Wildman–Crippen MR) is 177 cm³/mol. The van der Waals surface area contributed by atoms with Gasteiger partial charge >= 0.3 is 0 Å². The average Bonchev–Trinajstić information content (AvgIpc) is 3.75. The van der Waals surface area contributed by atoms with Crippen LogP contribution in [-0.2, 0) is 43.2 Å². The highest BCUT2D eigenvalue weighted by Gasteiger charge is 2.39. The lowest BCUT2D eigenvalue weighted by molar-refractivity contribution is -0.142. The molecule has 0 unspecified atom stereocenters. The number of phenolic OH excluding ortho intramolecular Hbond substituents is 1. The molecule has 2 fully saturated rings. The van der Waals surface area contributed by atoms with Gasteiger partial charge in [0, 0.05) is 42.9 Å². The number of hydrogen-bond donors (Lipinski definition) is 6. The van der Waals surface area contributed by atoms with Crippen LogP contribution >= 0.6 is 0 Å². The molecule has 12 heteroatoms. The van der Waals surface area contributed by atoms with E-state index in [1.54, 1.807) is 18.3 Å². The molecule has 0 spiro atoms. The quantitative estimate of drug-likeness (QED) is 0.185. The summed E-state index contributed by atoms with van der Waals surface area (Å²) in [5.41, 5.74) is 3.15. The molecule has 0 bridgehead atoms. The molecule has 3 heterocycles. The second-order valence-electron chi connectivity index (χ2n) is 12.3. The number of carbonyl (C=O) groups excluding carboxylic acids is 5. The van der Waals surface area contributed by atoms with Gasteiger partial charge in [0.2, 0.25) is 29.5 Å². The van der Waals surface area contributed by atoms with Gasteiger partial charge in [0.1, 0.15) is 29.9 Å². The third-order valence-electron chi connectivity index (χ3n) is 8.92. The number of phenols is 1. The molecule has 248 valence electrons. The first-order valence-electron chi connectivity index (χ1n) is 16.1. The number of nitrogens with one attached hydrogen (secondary N) is 5. The smallest absolute Gasteiger partial charge is 0.246 e. The maximum Gasteiger partial charge on any atom is 0.246 e. The van der Waals surface area contributed by atoms with Gasteiger partial charge in [-0.2, -0.15) is 0 Å². The number of rotatable bonds is 6. The number of H-pyrrole nitrogens is 1. The van der Waals surface area contributed by atoms with E-state index in [1.807, 2.05) is 54.6 Å². The summed E-state index contributed by atoms with van der Waals surface area (Å²) in [7, 11) is 0. The number of fused-ring (bicyclic) bond motifs is 2. The molecule has 4 aromatic rings. The van der Waals surface area contributed by atoms with Crippen LogP contribution in [0.1, 0.15) is 29.5 Å². The molecule has 3 aromatic carbocycles. The van der Waals surface area contributed by atoms with E-state index in [4.69, 9.17) is 0 Å². The van der Waals surface area contributed by atoms with E-state index in [0.29, 0.717) is 24.9 Å². The Labute approximate surface area is 277 Å². The highest BCUT2D eigenvalue weighted by Crippen LogP contribution is 2.23. The van der Waals surface area contributed by atoms with E-state index in [0.717, 1.165) is 22.0 Å². The summed E-state index contributed by atoms with van der Waals surface area (Å²) in [6, 6.07) is 19.1. The molecule has 6 N–H and O–H groups in total. The predicted octanol–water partition coefficient (Wildman–Crippen LogP) is 1.48. The van der Waals surface area contributed by atoms with E-state index >= 15 is 0 Å². The largest absolute Gasteiger partial charge is 0.508 e. The van der Waals surface area contributed by atoms with Gasteiger partial charge in [-0.05, 0) is 47.7 Å². The van der Waals surface area contributed by atoms with Crippen molar-refractivity contribution >= 4 is 40.4 Å². The van der Waals surface area contributed by atoms with Gasteiger partial charge in [0.05, 0.1) is 6.54 Å². The summed E-state index contributed by atoms with van der Waals surface area (Å²) in [4.78, 5) is 73.3. The molecule has 48 heavy (non-hydrogen) atoms. The second-order valence-corrected chi connectivity index (χ2v) is 12.3. The van der Waals surface area contributed by atoms with Crippen LogP contribution in [0.3, 0.4) is 0 Å². The number of benzene rings is 3. The third kappa shape index (κ3) is 7.49. The molecular weight excluding hydrogens is 612 g/mol. The summed E-state index contributed by atoms with van der Waals surface area (Å²) >= 11 is 0. The Morgan fingerprint density at radius 2 is 1.35 bits per heavy atom. The van der Waals surface area contributed by atoms with Crippen molar-refractivity contribution in [3.8, 4) is 5.75 Å². The fraction of sp³-hybridized carbons (Fsp3) is 0.306. The summed E-state index contributed by atoms with van der Waals surface area (Å²) in [6.07, 6.45) is 3.12. The molecule has 0 saturated carbocycles. The first-order chi connectivity index (χ1) is 23.2. The Bertz CT molecular complexity index is 1810. The molecular formula is C36H38N6O6. The minimum atomic E-state index is -1.07. The van der Waals surface area contributed by atoms with E-state index in [2.05, 4.69) is 26.3 Å². The van der Waals surface area contributed by atoms with Crippen LogP contribution in [0.5, 0.6) is 5.75 Å². The summed E-state index contributed by atoms with van der Waals surface area (Å²) in [5, 5.41) is 21.7. The van der Waals surface area contributed by atoms with Crippen molar-refractivity contribution in [3.63, 3.8) is 0 Å². The van der Waals surface area contributed by atoms with Crippen LogP contribution in [0.15, 0.2) is 85.1 Å². The van der Waals surface area contributed by atoms with E-state index < -0.39 is 60.2 Å². The third-order valence-corrected chi connectivity index (χ3v) is 8.92. The number of para-hydroxylation sites is 1. The number of amides is 5. The zero-order valence-corrected chi connectivity index (χ0v) is 26.3. The lowest BCUT2D eigenvalue weighted by Gasteiger charge is -2.30. The molecule has 2 aliphatic rings. The maximum atomic E-state index is 14.0. The zero-order chi connectivity index (χ0) is 33.6. The zero-order valence-electron chi connectivity index (χ0n) is 26.3. The molecule has 4 atom stereocenters. The van der Waals surface area contributed by atoms with Gasteiger partial charge in [-0.3, -0.25) is 24.0 Å². The Morgan fingerprint density at radius 3 is 2.15 bits per heavy atom. The highest BCUT2D eigenvalue weighted by atomic mass is 16.3. The molecule has 5 amide bonds. The van der Waals surface area contributed by atoms with Gasteiger partial charge < -0.3 is 36.3 Å². The van der Waals surface area contributed by atoms with Crippen molar-refractivity contribution in [1.82, 2.24) is 31.2 Å². The first-order valence-corrected chi connectivity index (χ1v) is 16.1. The number of aromatic amines is 1. The molecule has 12 nitrogen and oxygen atoms in total. The van der Waals surface area contributed by atoms with Gasteiger partial charge in [0.15, 0.2) is 0 Å². The average molecular weight is 651 g/mol. The second kappa shape index (κ2) is 14.4. The van der Waals surface area contributed by atoms with Gasteiger partial charge in [-0.15, -0.1) is 0 Å². The minimum Gasteiger partial charge on any atom is -0.508 e. The summed E-state index contributed by atoms with van der Waals surface area (Å²) < 4.78 is 0. The van der Waals surface area contributed by atoms with Gasteiger partial charge in [-0.1, -0.05) is 60.7 Å². The number of nitrogens with zero attached hydrogens (tertiary/aromatic N) is 1. The minimum absolute atomic E-state index is 0.0607. The SMILES string of the molecule is O=C1CNC(=O)[C@@H](Cc2ccccc2)NC(=O)[C@H](Cc2c[nH]c3ccccc23)NC(=O)[C@H]2CCCN2C(=O)[C@@H](Cc2ccc(O)cc2)N1. The Hall–Kier alpha value is -5.65. The normalized spacial score (nSPS) is 22.6.